The number of aromatic amines is 1. The Morgan fingerprint density at radius 2 is 2.04 bits per heavy atom. The molecule has 0 amide bonds. The molecule has 0 atom stereocenters. The molecule has 0 unspecified atom stereocenters. The summed E-state index contributed by atoms with van der Waals surface area (Å²) in [5, 5.41) is 7.50. The highest BCUT2D eigenvalue weighted by Gasteiger charge is 2.17. The van der Waals surface area contributed by atoms with E-state index >= 15 is 0 Å². The van der Waals surface area contributed by atoms with Gasteiger partial charge in [0.1, 0.15) is 11.5 Å². The van der Waals surface area contributed by atoms with Gasteiger partial charge in [-0.25, -0.2) is 0 Å². The first-order chi connectivity index (χ1) is 12.3. The van der Waals surface area contributed by atoms with Crippen LogP contribution in [0.25, 0.3) is 18.2 Å². The third-order valence-electron chi connectivity index (χ3n) is 4.06. The van der Waals surface area contributed by atoms with E-state index in [2.05, 4.69) is 15.2 Å². The van der Waals surface area contributed by atoms with Crippen molar-refractivity contribution in [2.45, 2.75) is 12.8 Å². The van der Waals surface area contributed by atoms with Crippen molar-refractivity contribution in [3.63, 3.8) is 0 Å². The molecular formula is C20H18N4O. The fraction of sp³-hybridized carbons (Fsp3) is 0.100. The van der Waals surface area contributed by atoms with Crippen molar-refractivity contribution in [1.82, 2.24) is 15.2 Å². The lowest BCUT2D eigenvalue weighted by Gasteiger charge is -2.15. The van der Waals surface area contributed by atoms with Gasteiger partial charge in [-0.1, -0.05) is 12.1 Å². The fourth-order valence-corrected chi connectivity index (χ4v) is 2.84. The van der Waals surface area contributed by atoms with Crippen LogP contribution in [-0.2, 0) is 6.42 Å². The van der Waals surface area contributed by atoms with Crippen molar-refractivity contribution < 1.29 is 4.74 Å². The van der Waals surface area contributed by atoms with Crippen LogP contribution in [-0.4, -0.2) is 15.2 Å². The van der Waals surface area contributed by atoms with Crippen molar-refractivity contribution in [1.29, 1.82) is 0 Å². The molecule has 0 saturated heterocycles. The summed E-state index contributed by atoms with van der Waals surface area (Å²) in [5.74, 6) is 1.66. The Morgan fingerprint density at radius 1 is 1.08 bits per heavy atom. The van der Waals surface area contributed by atoms with E-state index in [1.807, 2.05) is 60.7 Å². The summed E-state index contributed by atoms with van der Waals surface area (Å²) in [6, 6.07) is 13.3. The molecule has 0 radical (unpaired) electrons. The zero-order valence-corrected chi connectivity index (χ0v) is 13.6. The number of aromatic nitrogens is 3. The number of ether oxygens (including phenoxy) is 1. The summed E-state index contributed by atoms with van der Waals surface area (Å²) >= 11 is 0. The van der Waals surface area contributed by atoms with Gasteiger partial charge < -0.3 is 10.5 Å². The van der Waals surface area contributed by atoms with E-state index in [0.717, 1.165) is 41.4 Å². The maximum absolute atomic E-state index is 5.94. The third-order valence-corrected chi connectivity index (χ3v) is 4.06. The van der Waals surface area contributed by atoms with Gasteiger partial charge in [0.05, 0.1) is 17.1 Å². The molecule has 2 aromatic heterocycles. The number of hydrogen-bond acceptors (Lipinski definition) is 4. The first-order valence-corrected chi connectivity index (χ1v) is 8.18. The molecule has 2 heterocycles. The molecular weight excluding hydrogens is 312 g/mol. The van der Waals surface area contributed by atoms with Crippen LogP contribution in [0.15, 0.2) is 54.4 Å². The minimum absolute atomic E-state index is 0.693. The Morgan fingerprint density at radius 3 is 2.88 bits per heavy atom. The Bertz CT molecular complexity index is 941. The Hall–Kier alpha value is -3.34. The van der Waals surface area contributed by atoms with E-state index in [1.165, 1.54) is 5.56 Å². The number of pyridine rings is 1. The molecule has 3 aromatic rings. The topological polar surface area (TPSA) is 76.8 Å². The van der Waals surface area contributed by atoms with Crippen molar-refractivity contribution >= 4 is 23.9 Å². The molecule has 5 nitrogen and oxygen atoms in total. The van der Waals surface area contributed by atoms with Crippen molar-refractivity contribution in [2.24, 2.45) is 0 Å². The lowest BCUT2D eigenvalue weighted by molar-refractivity contribution is 0.406. The molecule has 0 bridgehead atoms. The van der Waals surface area contributed by atoms with Crippen LogP contribution in [0, 0.1) is 0 Å². The second-order valence-corrected chi connectivity index (χ2v) is 5.87. The van der Waals surface area contributed by atoms with Crippen LogP contribution in [0.3, 0.4) is 0 Å². The van der Waals surface area contributed by atoms with E-state index in [0.29, 0.717) is 5.69 Å². The smallest absolute Gasteiger partial charge is 0.128 e. The number of fused-ring (bicyclic) bond motifs is 1. The summed E-state index contributed by atoms with van der Waals surface area (Å²) in [6.07, 6.45) is 9.46. The van der Waals surface area contributed by atoms with Crippen molar-refractivity contribution in [3.8, 4) is 5.75 Å². The number of nitrogen functional groups attached to an aromatic ring is 1. The van der Waals surface area contributed by atoms with Gasteiger partial charge in [-0.3, -0.25) is 10.1 Å². The van der Waals surface area contributed by atoms with Gasteiger partial charge in [0.15, 0.2) is 0 Å². The summed E-state index contributed by atoms with van der Waals surface area (Å²) in [5.41, 5.74) is 10.5. The fourth-order valence-electron chi connectivity index (χ4n) is 2.84. The van der Waals surface area contributed by atoms with E-state index in [-0.39, 0.29) is 0 Å². The highest BCUT2D eigenvalue weighted by molar-refractivity contribution is 5.71. The number of nitrogens with zero attached hydrogens (tertiary/aromatic N) is 2. The first kappa shape index (κ1) is 15.2. The predicted octanol–water partition coefficient (Wildman–Crippen LogP) is 3.92. The number of rotatable bonds is 4. The number of benzene rings is 1. The van der Waals surface area contributed by atoms with Crippen LogP contribution >= 0.6 is 0 Å². The molecule has 3 N–H and O–H groups in total. The summed E-state index contributed by atoms with van der Waals surface area (Å²) in [7, 11) is 0. The van der Waals surface area contributed by atoms with Gasteiger partial charge in [-0.15, -0.1) is 0 Å². The number of allylic oxidation sites excluding steroid dienone is 1. The quantitative estimate of drug-likeness (QED) is 0.711. The van der Waals surface area contributed by atoms with Gasteiger partial charge in [0.2, 0.25) is 0 Å². The third kappa shape index (κ3) is 3.45. The minimum atomic E-state index is 0.693. The monoisotopic (exact) mass is 330 g/mol. The molecule has 25 heavy (non-hydrogen) atoms. The zero-order valence-electron chi connectivity index (χ0n) is 13.6. The van der Waals surface area contributed by atoms with Crippen LogP contribution in [0.1, 0.15) is 29.1 Å². The van der Waals surface area contributed by atoms with Crippen LogP contribution in [0.4, 0.5) is 5.69 Å². The highest BCUT2D eigenvalue weighted by Crippen LogP contribution is 2.28. The summed E-state index contributed by atoms with van der Waals surface area (Å²) < 4.78 is 5.94. The van der Waals surface area contributed by atoms with E-state index in [1.54, 1.807) is 6.20 Å². The Balaban J connectivity index is 1.53. The van der Waals surface area contributed by atoms with Crippen LogP contribution in [0.5, 0.6) is 5.75 Å². The maximum atomic E-state index is 5.94. The van der Waals surface area contributed by atoms with Gasteiger partial charge >= 0.3 is 0 Å². The first-order valence-electron chi connectivity index (χ1n) is 8.18. The van der Waals surface area contributed by atoms with Crippen LogP contribution in [0.2, 0.25) is 0 Å². The van der Waals surface area contributed by atoms with E-state index in [4.69, 9.17) is 10.5 Å². The Labute approximate surface area is 145 Å². The zero-order chi connectivity index (χ0) is 17.1. The highest BCUT2D eigenvalue weighted by atomic mass is 16.5. The number of hydrogen-bond donors (Lipinski definition) is 2. The molecule has 1 aliphatic rings. The number of H-pyrrole nitrogens is 1. The molecule has 1 aromatic carbocycles. The molecule has 0 saturated carbocycles. The number of nitrogens with two attached hydrogens (primary N) is 1. The molecule has 4 rings (SSSR count). The normalized spacial score (nSPS) is 13.5. The maximum Gasteiger partial charge on any atom is 0.128 e. The second-order valence-electron chi connectivity index (χ2n) is 5.87. The molecule has 1 aliphatic carbocycles. The summed E-state index contributed by atoms with van der Waals surface area (Å²) in [6.45, 7) is 0. The lowest BCUT2D eigenvalue weighted by Crippen LogP contribution is -2.04. The summed E-state index contributed by atoms with van der Waals surface area (Å²) in [4.78, 5) is 4.29. The molecule has 0 fully saturated rings. The molecule has 5 heteroatoms. The van der Waals surface area contributed by atoms with E-state index < -0.39 is 0 Å². The van der Waals surface area contributed by atoms with Gasteiger partial charge in [-0.2, -0.15) is 5.10 Å². The largest absolute Gasteiger partial charge is 0.462 e. The SMILES string of the molecule is Nc1cccc(OC2=Cc3[nH]nc(C=Cc4ccccn4)c3CC2)c1. The van der Waals surface area contributed by atoms with E-state index in [9.17, 15) is 0 Å². The van der Waals surface area contributed by atoms with Gasteiger partial charge in [-0.05, 0) is 42.8 Å². The predicted molar refractivity (Wildman–Crippen MR) is 99.5 cm³/mol. The average molecular weight is 330 g/mol. The average Bonchev–Trinajstić information content (AvgIpc) is 3.03. The van der Waals surface area contributed by atoms with Gasteiger partial charge in [0.25, 0.3) is 0 Å². The Kier molecular flexibility index (Phi) is 4.04. The molecule has 0 spiro atoms. The number of nitrogens with one attached hydrogen (secondary N) is 1. The molecule has 124 valence electrons. The van der Waals surface area contributed by atoms with Crippen molar-refractivity contribution in [2.75, 3.05) is 5.73 Å². The standard InChI is InChI=1S/C20H18N4O/c21-14-4-3-6-16(12-14)25-17-8-9-18-19(23-24-20(18)13-17)10-7-15-5-1-2-11-22-15/h1-7,10-13H,8-9,21H2,(H,23,24). The number of anilines is 1. The van der Waals surface area contributed by atoms with Gasteiger partial charge in [0, 0.05) is 36.0 Å². The molecule has 0 aliphatic heterocycles. The second kappa shape index (κ2) is 6.65. The lowest BCUT2D eigenvalue weighted by atomic mass is 10.00. The minimum Gasteiger partial charge on any atom is -0.462 e. The van der Waals surface area contributed by atoms with Crippen molar-refractivity contribution in [3.05, 3.63) is 77.1 Å². The van der Waals surface area contributed by atoms with Crippen LogP contribution < -0.4 is 10.5 Å².